The summed E-state index contributed by atoms with van der Waals surface area (Å²) in [5.41, 5.74) is 3.32. The molecule has 0 aliphatic carbocycles. The standard InChI is InChI=1S/C20H22O2/c1-3-18(15-22-14-17-7-5-4-6-8-17)20(13-21)19-11-9-16(2)10-12-19/h3-13,18,20H,1,14-15H2,2H3. The molecule has 22 heavy (non-hydrogen) atoms. The first-order valence-electron chi connectivity index (χ1n) is 7.50. The Bertz CT molecular complexity index is 587. The minimum Gasteiger partial charge on any atom is -0.376 e. The highest BCUT2D eigenvalue weighted by Crippen LogP contribution is 2.24. The van der Waals surface area contributed by atoms with Crippen molar-refractivity contribution in [3.05, 3.63) is 83.9 Å². The van der Waals surface area contributed by atoms with Crippen molar-refractivity contribution in [2.45, 2.75) is 19.4 Å². The van der Waals surface area contributed by atoms with E-state index in [0.29, 0.717) is 13.2 Å². The molecule has 2 heteroatoms. The van der Waals surface area contributed by atoms with Gasteiger partial charge in [-0.05, 0) is 18.1 Å². The van der Waals surface area contributed by atoms with E-state index in [1.54, 1.807) is 0 Å². The Balaban J connectivity index is 1.98. The third kappa shape index (κ3) is 4.40. The number of aryl methyl sites for hydroxylation is 1. The molecule has 0 aliphatic rings. The molecule has 2 aromatic rings. The van der Waals surface area contributed by atoms with Crippen LogP contribution in [0.5, 0.6) is 0 Å². The molecule has 0 bridgehead atoms. The predicted molar refractivity (Wildman–Crippen MR) is 89.8 cm³/mol. The molecule has 0 aromatic heterocycles. The van der Waals surface area contributed by atoms with E-state index in [2.05, 4.69) is 6.58 Å². The lowest BCUT2D eigenvalue weighted by molar-refractivity contribution is -0.110. The molecule has 0 fully saturated rings. The van der Waals surface area contributed by atoms with E-state index in [-0.39, 0.29) is 11.8 Å². The van der Waals surface area contributed by atoms with Crippen molar-refractivity contribution in [2.24, 2.45) is 5.92 Å². The molecule has 0 saturated carbocycles. The molecule has 2 atom stereocenters. The molecule has 114 valence electrons. The van der Waals surface area contributed by atoms with Gasteiger partial charge in [0.15, 0.2) is 0 Å². The van der Waals surface area contributed by atoms with E-state index in [1.165, 1.54) is 5.56 Å². The van der Waals surface area contributed by atoms with Crippen LogP contribution < -0.4 is 0 Å². The van der Waals surface area contributed by atoms with Gasteiger partial charge in [0.25, 0.3) is 0 Å². The highest BCUT2D eigenvalue weighted by Gasteiger charge is 2.20. The first kappa shape index (κ1) is 16.2. The number of hydrogen-bond donors (Lipinski definition) is 0. The summed E-state index contributed by atoms with van der Waals surface area (Å²) in [5, 5.41) is 0. The smallest absolute Gasteiger partial charge is 0.128 e. The van der Waals surface area contributed by atoms with Gasteiger partial charge in [-0.15, -0.1) is 6.58 Å². The number of ether oxygens (including phenoxy) is 1. The summed E-state index contributed by atoms with van der Waals surface area (Å²) in [6.45, 7) is 6.92. The van der Waals surface area contributed by atoms with Crippen LogP contribution in [0.1, 0.15) is 22.6 Å². The first-order chi connectivity index (χ1) is 10.7. The van der Waals surface area contributed by atoms with Crippen molar-refractivity contribution in [1.82, 2.24) is 0 Å². The molecule has 0 saturated heterocycles. The van der Waals surface area contributed by atoms with Gasteiger partial charge in [0.2, 0.25) is 0 Å². The van der Waals surface area contributed by atoms with E-state index >= 15 is 0 Å². The van der Waals surface area contributed by atoms with Crippen molar-refractivity contribution in [3.63, 3.8) is 0 Å². The lowest BCUT2D eigenvalue weighted by Crippen LogP contribution is -2.18. The lowest BCUT2D eigenvalue weighted by Gasteiger charge is -2.20. The van der Waals surface area contributed by atoms with Gasteiger partial charge in [-0.3, -0.25) is 0 Å². The highest BCUT2D eigenvalue weighted by atomic mass is 16.5. The van der Waals surface area contributed by atoms with E-state index in [9.17, 15) is 4.79 Å². The maximum atomic E-state index is 11.5. The topological polar surface area (TPSA) is 26.3 Å². The average molecular weight is 294 g/mol. The quantitative estimate of drug-likeness (QED) is 0.536. The fraction of sp³-hybridized carbons (Fsp3) is 0.250. The predicted octanol–water partition coefficient (Wildman–Crippen LogP) is 4.30. The van der Waals surface area contributed by atoms with Crippen molar-refractivity contribution in [3.8, 4) is 0 Å². The number of aldehydes is 1. The van der Waals surface area contributed by atoms with Gasteiger partial charge in [-0.1, -0.05) is 66.2 Å². The second kappa shape index (κ2) is 8.30. The number of carbonyl (C=O) groups excluding carboxylic acids is 1. The van der Waals surface area contributed by atoms with E-state index < -0.39 is 0 Å². The molecule has 0 aliphatic heterocycles. The van der Waals surface area contributed by atoms with Crippen LogP contribution in [-0.2, 0) is 16.1 Å². The Morgan fingerprint density at radius 1 is 1.09 bits per heavy atom. The fourth-order valence-corrected chi connectivity index (χ4v) is 2.42. The maximum Gasteiger partial charge on any atom is 0.128 e. The lowest BCUT2D eigenvalue weighted by atomic mass is 9.87. The minimum absolute atomic E-state index is 0.0241. The molecule has 2 rings (SSSR count). The van der Waals surface area contributed by atoms with E-state index in [1.807, 2.05) is 67.6 Å². The van der Waals surface area contributed by atoms with E-state index in [0.717, 1.165) is 17.4 Å². The van der Waals surface area contributed by atoms with Crippen molar-refractivity contribution >= 4 is 6.29 Å². The van der Waals surface area contributed by atoms with E-state index in [4.69, 9.17) is 4.74 Å². The van der Waals surface area contributed by atoms with Gasteiger partial charge in [0.1, 0.15) is 6.29 Å². The Hall–Kier alpha value is -2.19. The van der Waals surface area contributed by atoms with Crippen LogP contribution in [0.15, 0.2) is 67.3 Å². The number of hydrogen-bond acceptors (Lipinski definition) is 2. The Labute approximate surface area is 132 Å². The van der Waals surface area contributed by atoms with Crippen molar-refractivity contribution < 1.29 is 9.53 Å². The number of benzene rings is 2. The first-order valence-corrected chi connectivity index (χ1v) is 7.50. The fourth-order valence-electron chi connectivity index (χ4n) is 2.42. The molecule has 2 nitrogen and oxygen atoms in total. The second-order valence-electron chi connectivity index (χ2n) is 5.47. The molecule has 0 spiro atoms. The van der Waals surface area contributed by atoms with Crippen LogP contribution in [0.4, 0.5) is 0 Å². The Morgan fingerprint density at radius 2 is 1.77 bits per heavy atom. The van der Waals surface area contributed by atoms with Crippen molar-refractivity contribution in [1.29, 1.82) is 0 Å². The Morgan fingerprint density at radius 3 is 2.36 bits per heavy atom. The zero-order chi connectivity index (χ0) is 15.8. The highest BCUT2D eigenvalue weighted by molar-refractivity contribution is 5.63. The zero-order valence-corrected chi connectivity index (χ0v) is 12.9. The molecule has 0 radical (unpaired) electrons. The molecular formula is C20H22O2. The summed E-state index contributed by atoms with van der Waals surface area (Å²) < 4.78 is 5.77. The van der Waals surface area contributed by atoms with Crippen LogP contribution in [0.3, 0.4) is 0 Å². The largest absolute Gasteiger partial charge is 0.376 e. The SMILES string of the molecule is C=CC(COCc1ccccc1)C(C=O)c1ccc(C)cc1. The second-order valence-corrected chi connectivity index (χ2v) is 5.47. The van der Waals surface area contributed by atoms with Gasteiger partial charge < -0.3 is 9.53 Å². The van der Waals surface area contributed by atoms with Crippen LogP contribution in [0, 0.1) is 12.8 Å². The van der Waals surface area contributed by atoms with Crippen LogP contribution in [0.2, 0.25) is 0 Å². The van der Waals surface area contributed by atoms with Gasteiger partial charge in [-0.25, -0.2) is 0 Å². The van der Waals surface area contributed by atoms with Gasteiger partial charge in [0.05, 0.1) is 13.2 Å². The average Bonchev–Trinajstić information content (AvgIpc) is 2.56. The zero-order valence-electron chi connectivity index (χ0n) is 12.9. The van der Waals surface area contributed by atoms with Crippen LogP contribution >= 0.6 is 0 Å². The van der Waals surface area contributed by atoms with Crippen molar-refractivity contribution in [2.75, 3.05) is 6.61 Å². The molecule has 0 N–H and O–H groups in total. The summed E-state index contributed by atoms with van der Waals surface area (Å²) in [4.78, 5) is 11.5. The normalized spacial score (nSPS) is 13.3. The summed E-state index contributed by atoms with van der Waals surface area (Å²) >= 11 is 0. The summed E-state index contributed by atoms with van der Waals surface area (Å²) in [6.07, 6.45) is 2.80. The maximum absolute atomic E-state index is 11.5. The minimum atomic E-state index is -0.214. The van der Waals surface area contributed by atoms with Crippen LogP contribution in [0.25, 0.3) is 0 Å². The molecule has 2 aromatic carbocycles. The summed E-state index contributed by atoms with van der Waals surface area (Å²) in [7, 11) is 0. The van der Waals surface area contributed by atoms with Gasteiger partial charge in [0, 0.05) is 11.8 Å². The Kier molecular flexibility index (Phi) is 6.11. The summed E-state index contributed by atoms with van der Waals surface area (Å²) in [5.74, 6) is -0.238. The molecule has 0 amide bonds. The van der Waals surface area contributed by atoms with Gasteiger partial charge >= 0.3 is 0 Å². The number of carbonyl (C=O) groups is 1. The molecule has 0 heterocycles. The monoisotopic (exact) mass is 294 g/mol. The molecular weight excluding hydrogens is 272 g/mol. The summed E-state index contributed by atoms with van der Waals surface area (Å²) in [6, 6.07) is 18.1. The van der Waals surface area contributed by atoms with Crippen LogP contribution in [-0.4, -0.2) is 12.9 Å². The third-order valence-electron chi connectivity index (χ3n) is 3.79. The van der Waals surface area contributed by atoms with Gasteiger partial charge in [-0.2, -0.15) is 0 Å². The molecule has 2 unspecified atom stereocenters. The number of rotatable bonds is 8. The third-order valence-corrected chi connectivity index (χ3v) is 3.79.